The molecule has 0 spiro atoms. The molecule has 2 aromatic rings. The lowest BCUT2D eigenvalue weighted by atomic mass is 10.2. The summed E-state index contributed by atoms with van der Waals surface area (Å²) in [4.78, 5) is 12.4. The molecule has 128 valence electrons. The van der Waals surface area contributed by atoms with Crippen molar-refractivity contribution < 1.29 is 14.3 Å². The summed E-state index contributed by atoms with van der Waals surface area (Å²) in [5, 5.41) is 11.2. The fraction of sp³-hybridized carbons (Fsp3) is 0.312. The molecule has 1 atom stereocenters. The Morgan fingerprint density at radius 2 is 2.17 bits per heavy atom. The van der Waals surface area contributed by atoms with Gasteiger partial charge in [0.1, 0.15) is 0 Å². The first-order valence-corrected chi connectivity index (χ1v) is 9.15. The van der Waals surface area contributed by atoms with E-state index in [-0.39, 0.29) is 5.91 Å². The molecule has 0 fully saturated rings. The number of carbonyl (C=O) groups is 1. The van der Waals surface area contributed by atoms with Crippen LogP contribution in [0.3, 0.4) is 0 Å². The lowest BCUT2D eigenvalue weighted by Crippen LogP contribution is -2.32. The average Bonchev–Trinajstić information content (AvgIpc) is 3.05. The Morgan fingerprint density at radius 3 is 2.83 bits per heavy atom. The van der Waals surface area contributed by atoms with E-state index in [9.17, 15) is 4.79 Å². The SMILES string of the molecule is C=CCSc1nnc(NC(=O)[C@H](CC)Oc2ccccc2OC)s1. The Labute approximate surface area is 149 Å². The number of thioether (sulfide) groups is 1. The Morgan fingerprint density at radius 1 is 1.42 bits per heavy atom. The van der Waals surface area contributed by atoms with Gasteiger partial charge < -0.3 is 9.47 Å². The number of hydrogen-bond acceptors (Lipinski definition) is 7. The number of nitrogens with zero attached hydrogens (tertiary/aromatic N) is 2. The van der Waals surface area contributed by atoms with E-state index in [0.717, 1.165) is 10.1 Å². The van der Waals surface area contributed by atoms with Gasteiger partial charge in [0.05, 0.1) is 7.11 Å². The zero-order valence-electron chi connectivity index (χ0n) is 13.5. The number of hydrogen-bond donors (Lipinski definition) is 1. The van der Waals surface area contributed by atoms with Gasteiger partial charge >= 0.3 is 0 Å². The van der Waals surface area contributed by atoms with E-state index in [1.807, 2.05) is 19.1 Å². The lowest BCUT2D eigenvalue weighted by molar-refractivity contribution is -0.122. The molecule has 0 aliphatic heterocycles. The highest BCUT2D eigenvalue weighted by Crippen LogP contribution is 2.28. The van der Waals surface area contributed by atoms with Gasteiger partial charge in [-0.05, 0) is 18.6 Å². The lowest BCUT2D eigenvalue weighted by Gasteiger charge is -2.17. The number of methoxy groups -OCH3 is 1. The van der Waals surface area contributed by atoms with Crippen molar-refractivity contribution in [3.63, 3.8) is 0 Å². The number of para-hydroxylation sites is 2. The van der Waals surface area contributed by atoms with Gasteiger partial charge in [0, 0.05) is 5.75 Å². The minimum Gasteiger partial charge on any atom is -0.493 e. The Balaban J connectivity index is 2.00. The number of rotatable bonds is 9. The van der Waals surface area contributed by atoms with Crippen LogP contribution in [0.4, 0.5) is 5.13 Å². The highest BCUT2D eigenvalue weighted by atomic mass is 32.2. The summed E-state index contributed by atoms with van der Waals surface area (Å²) in [6.45, 7) is 5.54. The van der Waals surface area contributed by atoms with E-state index < -0.39 is 6.10 Å². The summed E-state index contributed by atoms with van der Waals surface area (Å²) in [7, 11) is 1.56. The third-order valence-electron chi connectivity index (χ3n) is 2.96. The molecule has 0 aliphatic carbocycles. The van der Waals surface area contributed by atoms with Gasteiger partial charge in [-0.2, -0.15) is 0 Å². The van der Waals surface area contributed by atoms with Gasteiger partial charge in [-0.1, -0.05) is 48.2 Å². The quantitative estimate of drug-likeness (QED) is 0.416. The molecule has 0 saturated carbocycles. The standard InChI is InChI=1S/C16H19N3O3S2/c1-4-10-23-16-19-18-15(24-16)17-14(20)11(5-2)22-13-9-7-6-8-12(13)21-3/h4,6-9,11H,1,5,10H2,2-3H3,(H,17,18,20)/t11-/m0/s1. The minimum atomic E-state index is -0.644. The summed E-state index contributed by atoms with van der Waals surface area (Å²) < 4.78 is 11.8. The molecule has 0 saturated heterocycles. The maximum Gasteiger partial charge on any atom is 0.267 e. The fourth-order valence-corrected chi connectivity index (χ4v) is 3.34. The average molecular weight is 365 g/mol. The third kappa shape index (κ3) is 4.97. The van der Waals surface area contributed by atoms with E-state index in [0.29, 0.717) is 23.1 Å². The number of aromatic nitrogens is 2. The van der Waals surface area contributed by atoms with Crippen LogP contribution < -0.4 is 14.8 Å². The molecule has 0 unspecified atom stereocenters. The van der Waals surface area contributed by atoms with Crippen molar-refractivity contribution in [1.82, 2.24) is 10.2 Å². The van der Waals surface area contributed by atoms with E-state index in [2.05, 4.69) is 22.1 Å². The monoisotopic (exact) mass is 365 g/mol. The first-order chi connectivity index (χ1) is 11.7. The number of benzene rings is 1. The first-order valence-electron chi connectivity index (χ1n) is 7.35. The number of amides is 1. The van der Waals surface area contributed by atoms with Crippen LogP contribution >= 0.6 is 23.1 Å². The van der Waals surface area contributed by atoms with Gasteiger partial charge in [-0.25, -0.2) is 0 Å². The molecule has 1 aromatic heterocycles. The topological polar surface area (TPSA) is 73.3 Å². The Hall–Kier alpha value is -2.06. The maximum atomic E-state index is 12.4. The third-order valence-corrected chi connectivity index (χ3v) is 4.93. The van der Waals surface area contributed by atoms with E-state index >= 15 is 0 Å². The summed E-state index contributed by atoms with van der Waals surface area (Å²) in [5.41, 5.74) is 0. The van der Waals surface area contributed by atoms with Crippen molar-refractivity contribution in [2.45, 2.75) is 23.8 Å². The summed E-state index contributed by atoms with van der Waals surface area (Å²) in [6, 6.07) is 7.23. The number of ether oxygens (including phenoxy) is 2. The molecule has 8 heteroatoms. The van der Waals surface area contributed by atoms with Crippen molar-refractivity contribution >= 4 is 34.1 Å². The smallest absolute Gasteiger partial charge is 0.267 e. The minimum absolute atomic E-state index is 0.264. The normalized spacial score (nSPS) is 11.6. The van der Waals surface area contributed by atoms with Crippen LogP contribution in [0.2, 0.25) is 0 Å². The zero-order valence-corrected chi connectivity index (χ0v) is 15.2. The molecular formula is C16H19N3O3S2. The van der Waals surface area contributed by atoms with Crippen LogP contribution in [-0.4, -0.2) is 35.1 Å². The zero-order chi connectivity index (χ0) is 17.4. The number of carbonyl (C=O) groups excluding carboxylic acids is 1. The van der Waals surface area contributed by atoms with Gasteiger partial charge in [0.25, 0.3) is 5.91 Å². The molecule has 0 aliphatic rings. The molecular weight excluding hydrogens is 346 g/mol. The number of nitrogens with one attached hydrogen (secondary N) is 1. The van der Waals surface area contributed by atoms with Gasteiger partial charge in [0.15, 0.2) is 21.9 Å². The molecule has 0 bridgehead atoms. The van der Waals surface area contributed by atoms with Gasteiger partial charge in [0.2, 0.25) is 5.13 Å². The van der Waals surface area contributed by atoms with Crippen molar-refractivity contribution in [1.29, 1.82) is 0 Å². The van der Waals surface area contributed by atoms with Crippen molar-refractivity contribution in [2.75, 3.05) is 18.2 Å². The van der Waals surface area contributed by atoms with Gasteiger partial charge in [-0.3, -0.25) is 10.1 Å². The maximum absolute atomic E-state index is 12.4. The van der Waals surface area contributed by atoms with E-state index in [4.69, 9.17) is 9.47 Å². The van der Waals surface area contributed by atoms with E-state index in [1.54, 1.807) is 25.3 Å². The second-order valence-corrected chi connectivity index (χ2v) is 6.87. The van der Waals surface area contributed by atoms with Crippen LogP contribution in [-0.2, 0) is 4.79 Å². The van der Waals surface area contributed by atoms with Crippen LogP contribution in [0.15, 0.2) is 41.3 Å². The summed E-state index contributed by atoms with van der Waals surface area (Å²) >= 11 is 2.84. The van der Waals surface area contributed by atoms with E-state index in [1.165, 1.54) is 23.1 Å². The molecule has 0 radical (unpaired) electrons. The Kier molecular flexibility index (Phi) is 7.07. The second-order valence-electron chi connectivity index (χ2n) is 4.63. The van der Waals surface area contributed by atoms with Crippen LogP contribution in [0.5, 0.6) is 11.5 Å². The predicted octanol–water partition coefficient (Wildman–Crippen LogP) is 3.62. The molecule has 1 N–H and O–H groups in total. The van der Waals surface area contributed by atoms with Crippen LogP contribution in [0, 0.1) is 0 Å². The molecule has 1 aromatic carbocycles. The number of anilines is 1. The Bertz CT molecular complexity index is 691. The molecule has 2 rings (SSSR count). The fourth-order valence-electron chi connectivity index (χ4n) is 1.83. The largest absolute Gasteiger partial charge is 0.493 e. The van der Waals surface area contributed by atoms with Crippen molar-refractivity contribution in [3.8, 4) is 11.5 Å². The molecule has 24 heavy (non-hydrogen) atoms. The molecule has 1 amide bonds. The van der Waals surface area contributed by atoms with Crippen LogP contribution in [0.1, 0.15) is 13.3 Å². The summed E-state index contributed by atoms with van der Waals surface area (Å²) in [5.74, 6) is 1.60. The van der Waals surface area contributed by atoms with Crippen molar-refractivity contribution in [2.24, 2.45) is 0 Å². The highest BCUT2D eigenvalue weighted by molar-refractivity contribution is 8.01. The first kappa shape index (κ1) is 18.3. The second kappa shape index (κ2) is 9.29. The predicted molar refractivity (Wildman–Crippen MR) is 97.2 cm³/mol. The van der Waals surface area contributed by atoms with Crippen molar-refractivity contribution in [3.05, 3.63) is 36.9 Å². The van der Waals surface area contributed by atoms with Gasteiger partial charge in [-0.15, -0.1) is 16.8 Å². The van der Waals surface area contributed by atoms with Crippen LogP contribution in [0.25, 0.3) is 0 Å². The highest BCUT2D eigenvalue weighted by Gasteiger charge is 2.21. The molecule has 6 nitrogen and oxygen atoms in total. The molecule has 1 heterocycles. The summed E-state index contributed by atoms with van der Waals surface area (Å²) in [6.07, 6.45) is 1.66.